The van der Waals surface area contributed by atoms with Crippen LogP contribution in [0.2, 0.25) is 0 Å². The van der Waals surface area contributed by atoms with Gasteiger partial charge in [0.25, 0.3) is 5.91 Å². The highest BCUT2D eigenvalue weighted by molar-refractivity contribution is 6.04. The van der Waals surface area contributed by atoms with E-state index in [1.54, 1.807) is 24.3 Å². The van der Waals surface area contributed by atoms with Crippen molar-refractivity contribution < 1.29 is 4.79 Å². The van der Waals surface area contributed by atoms with E-state index < -0.39 is 0 Å². The summed E-state index contributed by atoms with van der Waals surface area (Å²) in [6, 6.07) is 14.6. The van der Waals surface area contributed by atoms with Crippen molar-refractivity contribution in [1.82, 2.24) is 5.32 Å². The molecule has 2 aromatic carbocycles. The van der Waals surface area contributed by atoms with Gasteiger partial charge in [-0.2, -0.15) is 0 Å². The highest BCUT2D eigenvalue weighted by atomic mass is 16.1. The van der Waals surface area contributed by atoms with E-state index in [0.717, 1.165) is 17.8 Å². The number of hydrogen-bond donors (Lipinski definition) is 3. The van der Waals surface area contributed by atoms with E-state index in [1.807, 2.05) is 31.3 Å². The monoisotopic (exact) mass is 255 g/mol. The van der Waals surface area contributed by atoms with Crippen molar-refractivity contribution in [1.29, 1.82) is 0 Å². The second-order valence-electron chi connectivity index (χ2n) is 4.30. The minimum atomic E-state index is -0.124. The van der Waals surface area contributed by atoms with Gasteiger partial charge in [-0.1, -0.05) is 12.1 Å². The van der Waals surface area contributed by atoms with Crippen LogP contribution in [0.3, 0.4) is 0 Å². The smallest absolute Gasteiger partial charge is 0.255 e. The number of nitrogens with one attached hydrogen (secondary N) is 2. The molecule has 2 aromatic rings. The summed E-state index contributed by atoms with van der Waals surface area (Å²) in [6.07, 6.45) is 0. The van der Waals surface area contributed by atoms with Gasteiger partial charge in [0.05, 0.1) is 0 Å². The average Bonchev–Trinajstić information content (AvgIpc) is 2.42. The fourth-order valence-corrected chi connectivity index (χ4v) is 1.75. The molecule has 0 aromatic heterocycles. The van der Waals surface area contributed by atoms with Crippen LogP contribution in [-0.2, 0) is 6.54 Å². The molecule has 0 saturated carbocycles. The lowest BCUT2D eigenvalue weighted by molar-refractivity contribution is 0.102. The Bertz CT molecular complexity index is 547. The van der Waals surface area contributed by atoms with Gasteiger partial charge in [-0.15, -0.1) is 0 Å². The number of amides is 1. The van der Waals surface area contributed by atoms with Crippen molar-refractivity contribution in [2.24, 2.45) is 0 Å². The summed E-state index contributed by atoms with van der Waals surface area (Å²) in [7, 11) is 1.89. The van der Waals surface area contributed by atoms with Crippen LogP contribution in [0.5, 0.6) is 0 Å². The molecule has 0 aliphatic heterocycles. The Kier molecular flexibility index (Phi) is 4.15. The molecule has 0 saturated heterocycles. The number of nitrogens with two attached hydrogens (primary N) is 1. The van der Waals surface area contributed by atoms with Gasteiger partial charge < -0.3 is 16.4 Å². The van der Waals surface area contributed by atoms with Gasteiger partial charge in [0.1, 0.15) is 0 Å². The van der Waals surface area contributed by atoms with Crippen molar-refractivity contribution in [3.63, 3.8) is 0 Å². The van der Waals surface area contributed by atoms with Crippen molar-refractivity contribution in [3.8, 4) is 0 Å². The van der Waals surface area contributed by atoms with Gasteiger partial charge >= 0.3 is 0 Å². The van der Waals surface area contributed by atoms with E-state index in [2.05, 4.69) is 10.6 Å². The third-order valence-corrected chi connectivity index (χ3v) is 2.77. The van der Waals surface area contributed by atoms with Crippen molar-refractivity contribution >= 4 is 17.3 Å². The lowest BCUT2D eigenvalue weighted by atomic mass is 10.1. The van der Waals surface area contributed by atoms with Crippen LogP contribution in [0, 0.1) is 0 Å². The molecule has 19 heavy (non-hydrogen) atoms. The molecule has 0 heterocycles. The first-order chi connectivity index (χ1) is 9.19. The summed E-state index contributed by atoms with van der Waals surface area (Å²) in [5.74, 6) is -0.124. The maximum Gasteiger partial charge on any atom is 0.255 e. The third-order valence-electron chi connectivity index (χ3n) is 2.77. The van der Waals surface area contributed by atoms with Crippen LogP contribution < -0.4 is 16.4 Å². The van der Waals surface area contributed by atoms with Gasteiger partial charge in [-0.05, 0) is 49.0 Å². The van der Waals surface area contributed by atoms with E-state index in [9.17, 15) is 4.79 Å². The van der Waals surface area contributed by atoms with Crippen LogP contribution >= 0.6 is 0 Å². The zero-order valence-corrected chi connectivity index (χ0v) is 10.8. The quantitative estimate of drug-likeness (QED) is 0.734. The summed E-state index contributed by atoms with van der Waals surface area (Å²) >= 11 is 0. The number of carbonyl (C=O) groups excluding carboxylic acids is 1. The first-order valence-corrected chi connectivity index (χ1v) is 6.09. The number of carbonyl (C=O) groups is 1. The molecule has 0 fully saturated rings. The normalized spacial score (nSPS) is 10.2. The van der Waals surface area contributed by atoms with E-state index in [-0.39, 0.29) is 5.91 Å². The highest BCUT2D eigenvalue weighted by Crippen LogP contribution is 2.12. The standard InChI is InChI=1S/C15H17N3O/c1-17-10-11-2-4-12(5-3-11)15(19)18-14-8-6-13(16)7-9-14/h2-9,17H,10,16H2,1H3,(H,18,19). The van der Waals surface area contributed by atoms with E-state index in [1.165, 1.54) is 0 Å². The number of anilines is 2. The Morgan fingerprint density at radius 1 is 1.05 bits per heavy atom. The molecule has 0 atom stereocenters. The molecule has 2 rings (SSSR count). The second-order valence-corrected chi connectivity index (χ2v) is 4.30. The van der Waals surface area contributed by atoms with Crippen molar-refractivity contribution in [2.45, 2.75) is 6.54 Å². The SMILES string of the molecule is CNCc1ccc(C(=O)Nc2ccc(N)cc2)cc1. The summed E-state index contributed by atoms with van der Waals surface area (Å²) < 4.78 is 0. The minimum absolute atomic E-state index is 0.124. The number of nitrogen functional groups attached to an aromatic ring is 1. The van der Waals surface area contributed by atoms with Crippen LogP contribution in [0.25, 0.3) is 0 Å². The molecule has 0 radical (unpaired) electrons. The van der Waals surface area contributed by atoms with Gasteiger partial charge in [0, 0.05) is 23.5 Å². The molecule has 1 amide bonds. The zero-order valence-electron chi connectivity index (χ0n) is 10.8. The Hall–Kier alpha value is -2.33. The topological polar surface area (TPSA) is 67.2 Å². The summed E-state index contributed by atoms with van der Waals surface area (Å²) in [4.78, 5) is 12.0. The van der Waals surface area contributed by atoms with Crippen LogP contribution in [0.15, 0.2) is 48.5 Å². The Morgan fingerprint density at radius 3 is 2.26 bits per heavy atom. The van der Waals surface area contributed by atoms with E-state index in [4.69, 9.17) is 5.73 Å². The predicted molar refractivity (Wildman–Crippen MR) is 78.0 cm³/mol. The maximum absolute atomic E-state index is 12.0. The third kappa shape index (κ3) is 3.56. The van der Waals surface area contributed by atoms with Gasteiger partial charge in [0.15, 0.2) is 0 Å². The number of hydrogen-bond acceptors (Lipinski definition) is 3. The number of rotatable bonds is 4. The summed E-state index contributed by atoms with van der Waals surface area (Å²) in [5, 5.41) is 5.89. The zero-order chi connectivity index (χ0) is 13.7. The van der Waals surface area contributed by atoms with Crippen molar-refractivity contribution in [3.05, 3.63) is 59.7 Å². The molecule has 0 aliphatic rings. The van der Waals surface area contributed by atoms with Crippen LogP contribution in [-0.4, -0.2) is 13.0 Å². The lowest BCUT2D eigenvalue weighted by Gasteiger charge is -2.06. The molecule has 98 valence electrons. The van der Waals surface area contributed by atoms with Gasteiger partial charge in [0.2, 0.25) is 0 Å². The molecule has 4 nitrogen and oxygen atoms in total. The first kappa shape index (κ1) is 13.1. The van der Waals surface area contributed by atoms with E-state index in [0.29, 0.717) is 11.3 Å². The molecule has 4 heteroatoms. The Labute approximate surface area is 112 Å². The lowest BCUT2D eigenvalue weighted by Crippen LogP contribution is -2.12. The van der Waals surface area contributed by atoms with Crippen molar-refractivity contribution in [2.75, 3.05) is 18.1 Å². The van der Waals surface area contributed by atoms with E-state index >= 15 is 0 Å². The Morgan fingerprint density at radius 2 is 1.68 bits per heavy atom. The Balaban J connectivity index is 2.05. The van der Waals surface area contributed by atoms with Gasteiger partial charge in [-0.3, -0.25) is 4.79 Å². The average molecular weight is 255 g/mol. The van der Waals surface area contributed by atoms with Crippen LogP contribution in [0.1, 0.15) is 15.9 Å². The molecule has 0 bridgehead atoms. The molecule has 0 aliphatic carbocycles. The summed E-state index contributed by atoms with van der Waals surface area (Å²) in [6.45, 7) is 0.792. The predicted octanol–water partition coefficient (Wildman–Crippen LogP) is 2.24. The minimum Gasteiger partial charge on any atom is -0.399 e. The molecular formula is C15H17N3O. The fraction of sp³-hybridized carbons (Fsp3) is 0.133. The summed E-state index contributed by atoms with van der Waals surface area (Å²) in [5.41, 5.74) is 8.79. The largest absolute Gasteiger partial charge is 0.399 e. The maximum atomic E-state index is 12.0. The van der Waals surface area contributed by atoms with Crippen LogP contribution in [0.4, 0.5) is 11.4 Å². The first-order valence-electron chi connectivity index (χ1n) is 6.09. The second kappa shape index (κ2) is 6.02. The molecule has 0 spiro atoms. The highest BCUT2D eigenvalue weighted by Gasteiger charge is 2.05. The van der Waals surface area contributed by atoms with Gasteiger partial charge in [-0.25, -0.2) is 0 Å². The fourth-order valence-electron chi connectivity index (χ4n) is 1.75. The molecule has 0 unspecified atom stereocenters. The number of benzene rings is 2. The molecular weight excluding hydrogens is 238 g/mol. The molecule has 4 N–H and O–H groups in total.